The summed E-state index contributed by atoms with van der Waals surface area (Å²) in [6, 6.07) is 4.84. The molecule has 0 bridgehead atoms. The van der Waals surface area contributed by atoms with Crippen molar-refractivity contribution in [1.82, 2.24) is 14.9 Å². The Bertz CT molecular complexity index is 542. The molecule has 0 saturated heterocycles. The monoisotopic (exact) mass is 291 g/mol. The van der Waals surface area contributed by atoms with Crippen LogP contribution >= 0.6 is 0 Å². The van der Waals surface area contributed by atoms with Crippen LogP contribution in [0.1, 0.15) is 31.4 Å². The van der Waals surface area contributed by atoms with E-state index in [1.54, 1.807) is 25.4 Å². The number of aromatic nitrogens is 2. The van der Waals surface area contributed by atoms with Crippen LogP contribution in [0, 0.1) is 5.82 Å². The van der Waals surface area contributed by atoms with E-state index in [-0.39, 0.29) is 11.9 Å². The molecule has 0 fully saturated rings. The standard InChI is InChI=1S/C16H22FN3O/c1-13(16-14(17)6-5-7-15(16)21-2)19-8-3-4-10-20-11-9-18-12-20/h5-7,9,11-13,19H,3-4,8,10H2,1-2H3. The van der Waals surface area contributed by atoms with E-state index in [1.165, 1.54) is 6.07 Å². The van der Waals surface area contributed by atoms with Crippen LogP contribution in [0.2, 0.25) is 0 Å². The van der Waals surface area contributed by atoms with E-state index in [1.807, 2.05) is 19.4 Å². The summed E-state index contributed by atoms with van der Waals surface area (Å²) < 4.78 is 21.2. The maximum Gasteiger partial charge on any atom is 0.131 e. The summed E-state index contributed by atoms with van der Waals surface area (Å²) in [4.78, 5) is 4.01. The molecular weight excluding hydrogens is 269 g/mol. The van der Waals surface area contributed by atoms with Crippen LogP contribution in [0.5, 0.6) is 5.75 Å². The van der Waals surface area contributed by atoms with Gasteiger partial charge >= 0.3 is 0 Å². The van der Waals surface area contributed by atoms with Crippen molar-refractivity contribution in [3.8, 4) is 5.75 Å². The molecule has 1 aromatic carbocycles. The number of rotatable bonds is 8. The summed E-state index contributed by atoms with van der Waals surface area (Å²) in [5.74, 6) is 0.362. The average molecular weight is 291 g/mol. The van der Waals surface area contributed by atoms with Gasteiger partial charge in [0.15, 0.2) is 0 Å². The molecule has 1 atom stereocenters. The molecular formula is C16H22FN3O. The fraction of sp³-hybridized carbons (Fsp3) is 0.438. The Morgan fingerprint density at radius 3 is 2.95 bits per heavy atom. The van der Waals surface area contributed by atoms with Gasteiger partial charge in [-0.05, 0) is 38.4 Å². The Morgan fingerprint density at radius 2 is 2.24 bits per heavy atom. The molecule has 1 unspecified atom stereocenters. The lowest BCUT2D eigenvalue weighted by Crippen LogP contribution is -2.21. The molecule has 0 radical (unpaired) electrons. The Morgan fingerprint density at radius 1 is 1.38 bits per heavy atom. The minimum atomic E-state index is -0.229. The van der Waals surface area contributed by atoms with Gasteiger partial charge in [0.1, 0.15) is 11.6 Å². The quantitative estimate of drug-likeness (QED) is 0.759. The van der Waals surface area contributed by atoms with Crippen molar-refractivity contribution < 1.29 is 9.13 Å². The van der Waals surface area contributed by atoms with Gasteiger partial charge in [-0.15, -0.1) is 0 Å². The number of aryl methyl sites for hydroxylation is 1. The SMILES string of the molecule is COc1cccc(F)c1C(C)NCCCCn1ccnc1. The number of hydrogen-bond acceptors (Lipinski definition) is 3. The smallest absolute Gasteiger partial charge is 0.131 e. The first kappa shape index (κ1) is 15.5. The number of imidazole rings is 1. The zero-order valence-corrected chi connectivity index (χ0v) is 12.6. The molecule has 1 aromatic heterocycles. The number of nitrogens with one attached hydrogen (secondary N) is 1. The van der Waals surface area contributed by atoms with Crippen molar-refractivity contribution in [3.63, 3.8) is 0 Å². The number of hydrogen-bond donors (Lipinski definition) is 1. The summed E-state index contributed by atoms with van der Waals surface area (Å²) >= 11 is 0. The first-order valence-corrected chi connectivity index (χ1v) is 7.24. The van der Waals surface area contributed by atoms with E-state index < -0.39 is 0 Å². The average Bonchev–Trinajstić information content (AvgIpc) is 2.99. The van der Waals surface area contributed by atoms with Crippen molar-refractivity contribution >= 4 is 0 Å². The molecule has 0 aliphatic heterocycles. The maximum atomic E-state index is 13.9. The van der Waals surface area contributed by atoms with Gasteiger partial charge in [0.2, 0.25) is 0 Å². The van der Waals surface area contributed by atoms with Gasteiger partial charge in [-0.3, -0.25) is 0 Å². The zero-order chi connectivity index (χ0) is 15.1. The lowest BCUT2D eigenvalue weighted by Gasteiger charge is -2.18. The van der Waals surface area contributed by atoms with Crippen molar-refractivity contribution in [2.24, 2.45) is 0 Å². The summed E-state index contributed by atoms with van der Waals surface area (Å²) in [6.07, 6.45) is 7.65. The Kier molecular flexibility index (Phi) is 5.75. The highest BCUT2D eigenvalue weighted by molar-refractivity contribution is 5.36. The molecule has 4 nitrogen and oxygen atoms in total. The van der Waals surface area contributed by atoms with Crippen LogP contribution < -0.4 is 10.1 Å². The normalized spacial score (nSPS) is 12.3. The van der Waals surface area contributed by atoms with Crippen LogP contribution in [0.15, 0.2) is 36.9 Å². The van der Waals surface area contributed by atoms with E-state index in [4.69, 9.17) is 4.74 Å². The van der Waals surface area contributed by atoms with Gasteiger partial charge in [-0.25, -0.2) is 9.37 Å². The molecule has 21 heavy (non-hydrogen) atoms. The molecule has 0 saturated carbocycles. The first-order chi connectivity index (χ1) is 10.2. The van der Waals surface area contributed by atoms with Gasteiger partial charge in [-0.2, -0.15) is 0 Å². The van der Waals surface area contributed by atoms with E-state index >= 15 is 0 Å². The molecule has 1 heterocycles. The molecule has 1 N–H and O–H groups in total. The minimum Gasteiger partial charge on any atom is -0.496 e. The van der Waals surface area contributed by atoms with E-state index in [9.17, 15) is 4.39 Å². The topological polar surface area (TPSA) is 39.1 Å². The van der Waals surface area contributed by atoms with Crippen LogP contribution in [0.3, 0.4) is 0 Å². The predicted octanol–water partition coefficient (Wildman–Crippen LogP) is 3.16. The van der Waals surface area contributed by atoms with Crippen LogP contribution in [-0.2, 0) is 6.54 Å². The highest BCUT2D eigenvalue weighted by atomic mass is 19.1. The summed E-state index contributed by atoms with van der Waals surface area (Å²) in [5.41, 5.74) is 0.592. The molecule has 2 rings (SSSR count). The molecule has 0 amide bonds. The summed E-state index contributed by atoms with van der Waals surface area (Å²) in [5, 5.41) is 3.35. The zero-order valence-electron chi connectivity index (χ0n) is 12.6. The highest BCUT2D eigenvalue weighted by Gasteiger charge is 2.15. The number of nitrogens with zero attached hydrogens (tertiary/aromatic N) is 2. The number of methoxy groups -OCH3 is 1. The van der Waals surface area contributed by atoms with Crippen molar-refractivity contribution in [2.45, 2.75) is 32.4 Å². The van der Waals surface area contributed by atoms with Gasteiger partial charge in [0.05, 0.1) is 13.4 Å². The van der Waals surface area contributed by atoms with Crippen LogP contribution in [0.4, 0.5) is 4.39 Å². The molecule has 114 valence electrons. The first-order valence-electron chi connectivity index (χ1n) is 7.24. The number of benzene rings is 1. The lowest BCUT2D eigenvalue weighted by molar-refractivity contribution is 0.393. The second-order valence-electron chi connectivity index (χ2n) is 5.04. The Labute approximate surface area is 125 Å². The van der Waals surface area contributed by atoms with E-state index in [0.29, 0.717) is 11.3 Å². The van der Waals surface area contributed by atoms with E-state index in [0.717, 1.165) is 25.9 Å². The number of unbranched alkanes of at least 4 members (excludes halogenated alkanes) is 1. The molecule has 5 heteroatoms. The lowest BCUT2D eigenvalue weighted by atomic mass is 10.1. The third kappa shape index (κ3) is 4.29. The third-order valence-electron chi connectivity index (χ3n) is 3.52. The molecule has 2 aromatic rings. The fourth-order valence-corrected chi connectivity index (χ4v) is 2.37. The largest absolute Gasteiger partial charge is 0.496 e. The fourth-order valence-electron chi connectivity index (χ4n) is 2.37. The highest BCUT2D eigenvalue weighted by Crippen LogP contribution is 2.27. The van der Waals surface area contributed by atoms with Gasteiger partial charge in [0, 0.05) is 30.5 Å². The van der Waals surface area contributed by atoms with Gasteiger partial charge in [0.25, 0.3) is 0 Å². The van der Waals surface area contributed by atoms with Crippen LogP contribution in [-0.4, -0.2) is 23.2 Å². The Balaban J connectivity index is 1.78. The summed E-state index contributed by atoms with van der Waals surface area (Å²) in [7, 11) is 1.57. The molecule has 0 aliphatic rings. The number of ether oxygens (including phenoxy) is 1. The number of halogens is 1. The summed E-state index contributed by atoms with van der Waals surface area (Å²) in [6.45, 7) is 3.75. The van der Waals surface area contributed by atoms with Gasteiger partial charge in [-0.1, -0.05) is 6.07 Å². The molecule has 0 spiro atoms. The second-order valence-corrected chi connectivity index (χ2v) is 5.04. The second kappa shape index (κ2) is 7.78. The Hall–Kier alpha value is -1.88. The minimum absolute atomic E-state index is 0.0746. The van der Waals surface area contributed by atoms with Crippen molar-refractivity contribution in [1.29, 1.82) is 0 Å². The molecule has 0 aliphatic carbocycles. The van der Waals surface area contributed by atoms with Crippen molar-refractivity contribution in [2.75, 3.05) is 13.7 Å². The predicted molar refractivity (Wildman–Crippen MR) is 80.8 cm³/mol. The van der Waals surface area contributed by atoms with Crippen molar-refractivity contribution in [3.05, 3.63) is 48.3 Å². The maximum absolute atomic E-state index is 13.9. The van der Waals surface area contributed by atoms with Gasteiger partial charge < -0.3 is 14.6 Å². The van der Waals surface area contributed by atoms with Crippen LogP contribution in [0.25, 0.3) is 0 Å². The third-order valence-corrected chi connectivity index (χ3v) is 3.52. The van der Waals surface area contributed by atoms with E-state index in [2.05, 4.69) is 14.9 Å².